The van der Waals surface area contributed by atoms with E-state index in [-0.39, 0.29) is 17.4 Å². The zero-order chi connectivity index (χ0) is 13.1. The maximum Gasteiger partial charge on any atom is 0.255 e. The minimum absolute atomic E-state index is 0.114. The van der Waals surface area contributed by atoms with Crippen LogP contribution in [0.4, 0.5) is 0 Å². The molecule has 17 heavy (non-hydrogen) atoms. The van der Waals surface area contributed by atoms with E-state index in [0.717, 1.165) is 0 Å². The molecular formula is C13H22N2O2. The van der Waals surface area contributed by atoms with Crippen LogP contribution in [0.3, 0.4) is 0 Å². The van der Waals surface area contributed by atoms with E-state index < -0.39 is 0 Å². The fraction of sp³-hybridized carbons (Fsp3) is 0.615. The number of furan rings is 1. The van der Waals surface area contributed by atoms with Gasteiger partial charge >= 0.3 is 0 Å². The Morgan fingerprint density at radius 2 is 2.24 bits per heavy atom. The van der Waals surface area contributed by atoms with Crippen LogP contribution in [0.2, 0.25) is 0 Å². The first-order chi connectivity index (χ1) is 7.94. The van der Waals surface area contributed by atoms with E-state index in [0.29, 0.717) is 24.3 Å². The van der Waals surface area contributed by atoms with E-state index in [4.69, 9.17) is 10.2 Å². The molecule has 1 aromatic rings. The average molecular weight is 238 g/mol. The molecule has 0 bridgehead atoms. The van der Waals surface area contributed by atoms with Crippen molar-refractivity contribution >= 4 is 5.91 Å². The summed E-state index contributed by atoms with van der Waals surface area (Å²) in [7, 11) is 0. The maximum atomic E-state index is 12.1. The molecule has 1 heterocycles. The Bertz CT molecular complexity index is 385. The van der Waals surface area contributed by atoms with Gasteiger partial charge in [-0.2, -0.15) is 0 Å². The van der Waals surface area contributed by atoms with Crippen molar-refractivity contribution in [3.63, 3.8) is 0 Å². The first-order valence-electron chi connectivity index (χ1n) is 6.03. The molecule has 0 aliphatic heterocycles. The summed E-state index contributed by atoms with van der Waals surface area (Å²) in [5.74, 6) is 0.872. The third kappa shape index (κ3) is 2.88. The number of hydrogen-bond acceptors (Lipinski definition) is 3. The molecule has 4 heteroatoms. The third-order valence-electron chi connectivity index (χ3n) is 3.41. The molecule has 3 N–H and O–H groups in total. The lowest BCUT2D eigenvalue weighted by atomic mass is 9.88. The van der Waals surface area contributed by atoms with E-state index in [2.05, 4.69) is 5.32 Å². The molecule has 1 amide bonds. The summed E-state index contributed by atoms with van der Waals surface area (Å²) in [6, 6.07) is 1.70. The molecule has 0 saturated carbocycles. The minimum atomic E-state index is -0.390. The lowest BCUT2D eigenvalue weighted by molar-refractivity contribution is 0.0881. The molecule has 0 fully saturated rings. The zero-order valence-electron chi connectivity index (χ0n) is 11.0. The third-order valence-corrected chi connectivity index (χ3v) is 3.41. The molecule has 96 valence electrons. The Labute approximate surface area is 103 Å². The molecule has 0 spiro atoms. The Hall–Kier alpha value is -1.29. The largest absolute Gasteiger partial charge is 0.469 e. The second-order valence-electron chi connectivity index (χ2n) is 4.84. The molecule has 1 rings (SSSR count). The van der Waals surface area contributed by atoms with E-state index in [9.17, 15) is 4.79 Å². The number of carbonyl (C=O) groups excluding carboxylic acids is 1. The lowest BCUT2D eigenvalue weighted by Gasteiger charge is -2.33. The molecule has 0 saturated heterocycles. The van der Waals surface area contributed by atoms with Crippen LogP contribution in [-0.4, -0.2) is 18.0 Å². The highest BCUT2D eigenvalue weighted by atomic mass is 16.3. The van der Waals surface area contributed by atoms with Gasteiger partial charge < -0.3 is 15.5 Å². The fourth-order valence-corrected chi connectivity index (χ4v) is 1.57. The topological polar surface area (TPSA) is 68.3 Å². The molecule has 0 radical (unpaired) electrons. The van der Waals surface area contributed by atoms with Crippen LogP contribution in [0.5, 0.6) is 0 Å². The number of nitrogens with two attached hydrogens (primary N) is 1. The Morgan fingerprint density at radius 3 is 2.71 bits per heavy atom. The van der Waals surface area contributed by atoms with Gasteiger partial charge in [0, 0.05) is 13.0 Å². The van der Waals surface area contributed by atoms with Gasteiger partial charge in [0.25, 0.3) is 5.91 Å². The summed E-state index contributed by atoms with van der Waals surface area (Å²) in [6.07, 6.45) is 2.25. The molecule has 1 atom stereocenters. The van der Waals surface area contributed by atoms with Gasteiger partial charge in [-0.15, -0.1) is 0 Å². The fourth-order valence-electron chi connectivity index (χ4n) is 1.57. The highest BCUT2D eigenvalue weighted by Gasteiger charge is 2.29. The summed E-state index contributed by atoms with van der Waals surface area (Å²) in [5.41, 5.74) is 5.96. The van der Waals surface area contributed by atoms with Gasteiger partial charge in [0.2, 0.25) is 0 Å². The van der Waals surface area contributed by atoms with Crippen molar-refractivity contribution in [3.05, 3.63) is 23.7 Å². The van der Waals surface area contributed by atoms with E-state index in [1.807, 2.05) is 27.7 Å². The minimum Gasteiger partial charge on any atom is -0.469 e. The van der Waals surface area contributed by atoms with Crippen molar-refractivity contribution in [2.75, 3.05) is 6.54 Å². The zero-order valence-corrected chi connectivity index (χ0v) is 11.0. The number of amides is 1. The van der Waals surface area contributed by atoms with Crippen molar-refractivity contribution in [1.29, 1.82) is 0 Å². The molecular weight excluding hydrogens is 216 g/mol. The summed E-state index contributed by atoms with van der Waals surface area (Å²) >= 11 is 0. The normalized spacial score (nSPS) is 14.7. The van der Waals surface area contributed by atoms with Crippen molar-refractivity contribution in [3.8, 4) is 0 Å². The first kappa shape index (κ1) is 13.8. The van der Waals surface area contributed by atoms with Gasteiger partial charge in [0.1, 0.15) is 5.76 Å². The standard InChI is InChI=1S/C13H22N2O2/c1-5-11-10(6-7-17-11)12(16)15-13(4,8-14)9(2)3/h6-7,9H,5,8,14H2,1-4H3,(H,15,16). The van der Waals surface area contributed by atoms with Gasteiger partial charge in [-0.25, -0.2) is 0 Å². The quantitative estimate of drug-likeness (QED) is 0.823. The lowest BCUT2D eigenvalue weighted by Crippen LogP contribution is -2.55. The van der Waals surface area contributed by atoms with Crippen LogP contribution in [0.25, 0.3) is 0 Å². The average Bonchev–Trinajstić information content (AvgIpc) is 2.76. The second-order valence-corrected chi connectivity index (χ2v) is 4.84. The van der Waals surface area contributed by atoms with Crippen LogP contribution in [0, 0.1) is 5.92 Å². The molecule has 1 unspecified atom stereocenters. The number of rotatable bonds is 5. The summed E-state index contributed by atoms with van der Waals surface area (Å²) in [4.78, 5) is 12.1. The van der Waals surface area contributed by atoms with E-state index >= 15 is 0 Å². The molecule has 0 aliphatic rings. The van der Waals surface area contributed by atoms with Gasteiger partial charge in [0.05, 0.1) is 17.4 Å². The second kappa shape index (κ2) is 5.36. The van der Waals surface area contributed by atoms with Crippen molar-refractivity contribution in [1.82, 2.24) is 5.32 Å². The van der Waals surface area contributed by atoms with Crippen LogP contribution in [0.1, 0.15) is 43.8 Å². The number of aryl methyl sites for hydroxylation is 1. The number of hydrogen-bond donors (Lipinski definition) is 2. The summed E-state index contributed by atoms with van der Waals surface area (Å²) < 4.78 is 5.25. The predicted molar refractivity (Wildman–Crippen MR) is 67.8 cm³/mol. The molecule has 0 aromatic carbocycles. The SMILES string of the molecule is CCc1occc1C(=O)NC(C)(CN)C(C)C. The highest BCUT2D eigenvalue weighted by molar-refractivity contribution is 5.95. The number of carbonyl (C=O) groups is 1. The van der Waals surface area contributed by atoms with Crippen LogP contribution < -0.4 is 11.1 Å². The first-order valence-corrected chi connectivity index (χ1v) is 6.03. The number of nitrogens with one attached hydrogen (secondary N) is 1. The summed E-state index contributed by atoms with van der Waals surface area (Å²) in [6.45, 7) is 8.42. The molecule has 4 nitrogen and oxygen atoms in total. The Balaban J connectivity index is 2.85. The predicted octanol–water partition coefficient (Wildman–Crippen LogP) is 1.95. The van der Waals surface area contributed by atoms with Crippen molar-refractivity contribution < 1.29 is 9.21 Å². The van der Waals surface area contributed by atoms with Gasteiger partial charge in [-0.1, -0.05) is 20.8 Å². The highest BCUT2D eigenvalue weighted by Crippen LogP contribution is 2.17. The van der Waals surface area contributed by atoms with Gasteiger partial charge in [-0.05, 0) is 18.9 Å². The van der Waals surface area contributed by atoms with Crippen LogP contribution >= 0.6 is 0 Å². The van der Waals surface area contributed by atoms with E-state index in [1.165, 1.54) is 0 Å². The van der Waals surface area contributed by atoms with Gasteiger partial charge in [0.15, 0.2) is 0 Å². The molecule has 1 aromatic heterocycles. The van der Waals surface area contributed by atoms with Crippen LogP contribution in [-0.2, 0) is 6.42 Å². The van der Waals surface area contributed by atoms with Gasteiger partial charge in [-0.3, -0.25) is 4.79 Å². The Kier molecular flexibility index (Phi) is 4.34. The molecule has 0 aliphatic carbocycles. The summed E-state index contributed by atoms with van der Waals surface area (Å²) in [5, 5.41) is 3.00. The van der Waals surface area contributed by atoms with Crippen molar-refractivity contribution in [2.45, 2.75) is 39.7 Å². The van der Waals surface area contributed by atoms with Crippen LogP contribution in [0.15, 0.2) is 16.7 Å². The van der Waals surface area contributed by atoms with E-state index in [1.54, 1.807) is 12.3 Å². The maximum absolute atomic E-state index is 12.1. The smallest absolute Gasteiger partial charge is 0.255 e. The monoisotopic (exact) mass is 238 g/mol. The van der Waals surface area contributed by atoms with Crippen molar-refractivity contribution in [2.24, 2.45) is 11.7 Å². The Morgan fingerprint density at radius 1 is 1.59 bits per heavy atom.